The predicted octanol–water partition coefficient (Wildman–Crippen LogP) is 2.41. The number of piperazine rings is 1. The molecule has 92 valence electrons. The molecule has 0 amide bonds. The second-order valence-corrected chi connectivity index (χ2v) is 5.63. The molecule has 0 aliphatic carbocycles. The summed E-state index contributed by atoms with van der Waals surface area (Å²) >= 11 is 0. The summed E-state index contributed by atoms with van der Waals surface area (Å²) < 4.78 is 0. The van der Waals surface area contributed by atoms with E-state index >= 15 is 0 Å². The van der Waals surface area contributed by atoms with Gasteiger partial charge in [-0.15, -0.1) is 0 Å². The highest BCUT2D eigenvalue weighted by Gasteiger charge is 2.34. The summed E-state index contributed by atoms with van der Waals surface area (Å²) in [5.41, 5.74) is 4.28. The molecule has 0 aromatic heterocycles. The van der Waals surface area contributed by atoms with Crippen molar-refractivity contribution in [1.29, 1.82) is 0 Å². The molecule has 2 fully saturated rings. The summed E-state index contributed by atoms with van der Waals surface area (Å²) in [5, 5.41) is 3.60. The first kappa shape index (κ1) is 11.2. The lowest BCUT2D eigenvalue weighted by atomic mass is 9.97. The molecule has 2 nitrogen and oxygen atoms in total. The maximum atomic E-state index is 3.60. The van der Waals surface area contributed by atoms with Gasteiger partial charge < -0.3 is 5.32 Å². The molecule has 0 radical (unpaired) electrons. The predicted molar refractivity (Wildman–Crippen MR) is 71.3 cm³/mol. The Morgan fingerprint density at radius 2 is 1.88 bits per heavy atom. The van der Waals surface area contributed by atoms with Crippen molar-refractivity contribution in [3.05, 3.63) is 34.9 Å². The third kappa shape index (κ3) is 2.12. The van der Waals surface area contributed by atoms with Crippen molar-refractivity contribution >= 4 is 0 Å². The van der Waals surface area contributed by atoms with Crippen molar-refractivity contribution in [2.75, 3.05) is 19.6 Å². The quantitative estimate of drug-likeness (QED) is 0.797. The highest BCUT2D eigenvalue weighted by atomic mass is 15.3. The molecule has 0 spiro atoms. The first-order valence-electron chi connectivity index (χ1n) is 6.79. The van der Waals surface area contributed by atoms with Gasteiger partial charge in [0.1, 0.15) is 0 Å². The standard InChI is InChI=1S/C15H22N2/c1-11-6-12(2)8-13(7-11)15-10-16-9-14-4-3-5-17(14)15/h6-8,14-16H,3-5,9-10H2,1-2H3/t14-,15?/m0/s1. The molecule has 2 heteroatoms. The molecule has 2 aliphatic rings. The van der Waals surface area contributed by atoms with Gasteiger partial charge in [0.2, 0.25) is 0 Å². The summed E-state index contributed by atoms with van der Waals surface area (Å²) in [5.74, 6) is 0. The zero-order valence-electron chi connectivity index (χ0n) is 10.9. The molecule has 1 unspecified atom stereocenters. The highest BCUT2D eigenvalue weighted by Crippen LogP contribution is 2.32. The SMILES string of the molecule is Cc1cc(C)cc(C2CNC[C@@H]3CCCN23)c1. The van der Waals surface area contributed by atoms with Crippen LogP contribution in [0.2, 0.25) is 0 Å². The number of fused-ring (bicyclic) bond motifs is 1. The molecule has 1 N–H and O–H groups in total. The molecular weight excluding hydrogens is 208 g/mol. The van der Waals surface area contributed by atoms with Gasteiger partial charge in [-0.3, -0.25) is 4.90 Å². The molecule has 1 aromatic rings. The molecule has 2 saturated heterocycles. The van der Waals surface area contributed by atoms with Crippen LogP contribution in [0.1, 0.15) is 35.6 Å². The second kappa shape index (κ2) is 4.43. The van der Waals surface area contributed by atoms with Gasteiger partial charge in [-0.05, 0) is 38.8 Å². The molecule has 1 aromatic carbocycles. The first-order chi connectivity index (χ1) is 8.24. The van der Waals surface area contributed by atoms with E-state index in [-0.39, 0.29) is 0 Å². The van der Waals surface area contributed by atoms with Gasteiger partial charge in [-0.1, -0.05) is 29.3 Å². The van der Waals surface area contributed by atoms with E-state index < -0.39 is 0 Å². The number of benzene rings is 1. The monoisotopic (exact) mass is 230 g/mol. The maximum Gasteiger partial charge on any atom is 0.0476 e. The summed E-state index contributed by atoms with van der Waals surface area (Å²) in [4.78, 5) is 2.71. The number of rotatable bonds is 1. The van der Waals surface area contributed by atoms with E-state index in [1.165, 1.54) is 42.6 Å². The Morgan fingerprint density at radius 3 is 2.65 bits per heavy atom. The average Bonchev–Trinajstić information content (AvgIpc) is 2.75. The van der Waals surface area contributed by atoms with Crippen molar-refractivity contribution in [3.8, 4) is 0 Å². The fraction of sp³-hybridized carbons (Fsp3) is 0.600. The lowest BCUT2D eigenvalue weighted by Gasteiger charge is -2.38. The lowest BCUT2D eigenvalue weighted by Crippen LogP contribution is -2.49. The fourth-order valence-corrected chi connectivity index (χ4v) is 3.50. The second-order valence-electron chi connectivity index (χ2n) is 5.63. The van der Waals surface area contributed by atoms with Gasteiger partial charge in [-0.2, -0.15) is 0 Å². The zero-order valence-corrected chi connectivity index (χ0v) is 10.9. The topological polar surface area (TPSA) is 15.3 Å². The van der Waals surface area contributed by atoms with E-state index in [1.807, 2.05) is 0 Å². The molecule has 0 bridgehead atoms. The van der Waals surface area contributed by atoms with E-state index in [4.69, 9.17) is 0 Å². The van der Waals surface area contributed by atoms with E-state index in [9.17, 15) is 0 Å². The van der Waals surface area contributed by atoms with Crippen molar-refractivity contribution < 1.29 is 0 Å². The molecule has 2 aliphatic heterocycles. The third-order valence-electron chi connectivity index (χ3n) is 4.17. The minimum atomic E-state index is 0.592. The summed E-state index contributed by atoms with van der Waals surface area (Å²) in [6.45, 7) is 7.98. The molecule has 2 atom stereocenters. The Hall–Kier alpha value is -0.860. The van der Waals surface area contributed by atoms with E-state index in [2.05, 4.69) is 42.3 Å². The number of hydrogen-bond acceptors (Lipinski definition) is 2. The van der Waals surface area contributed by atoms with Crippen molar-refractivity contribution in [2.45, 2.75) is 38.8 Å². The Bertz CT molecular complexity index is 393. The lowest BCUT2D eigenvalue weighted by molar-refractivity contribution is 0.138. The average molecular weight is 230 g/mol. The molecule has 2 heterocycles. The van der Waals surface area contributed by atoms with Crippen LogP contribution in [-0.4, -0.2) is 30.6 Å². The summed E-state index contributed by atoms with van der Waals surface area (Å²) in [7, 11) is 0. The fourth-order valence-electron chi connectivity index (χ4n) is 3.50. The van der Waals surface area contributed by atoms with Crippen LogP contribution in [0.5, 0.6) is 0 Å². The first-order valence-corrected chi connectivity index (χ1v) is 6.79. The molecule has 3 rings (SSSR count). The van der Waals surface area contributed by atoms with Crippen LogP contribution in [0.4, 0.5) is 0 Å². The third-order valence-corrected chi connectivity index (χ3v) is 4.17. The Morgan fingerprint density at radius 1 is 1.12 bits per heavy atom. The van der Waals surface area contributed by atoms with Crippen LogP contribution >= 0.6 is 0 Å². The maximum absolute atomic E-state index is 3.60. The van der Waals surface area contributed by atoms with E-state index in [0.29, 0.717) is 6.04 Å². The number of nitrogens with zero attached hydrogens (tertiary/aromatic N) is 1. The number of nitrogens with one attached hydrogen (secondary N) is 1. The largest absolute Gasteiger partial charge is 0.313 e. The molecule has 17 heavy (non-hydrogen) atoms. The van der Waals surface area contributed by atoms with Gasteiger partial charge in [0.15, 0.2) is 0 Å². The van der Waals surface area contributed by atoms with Gasteiger partial charge in [-0.25, -0.2) is 0 Å². The van der Waals surface area contributed by atoms with Crippen LogP contribution in [0.25, 0.3) is 0 Å². The van der Waals surface area contributed by atoms with E-state index in [1.54, 1.807) is 0 Å². The highest BCUT2D eigenvalue weighted by molar-refractivity contribution is 5.31. The molecule has 0 saturated carbocycles. The van der Waals surface area contributed by atoms with Crippen molar-refractivity contribution in [1.82, 2.24) is 10.2 Å². The van der Waals surface area contributed by atoms with Gasteiger partial charge in [0.05, 0.1) is 0 Å². The Labute approximate surface area is 104 Å². The summed E-state index contributed by atoms with van der Waals surface area (Å²) in [6, 6.07) is 8.35. The van der Waals surface area contributed by atoms with Gasteiger partial charge >= 0.3 is 0 Å². The van der Waals surface area contributed by atoms with Gasteiger partial charge in [0, 0.05) is 25.2 Å². The number of hydrogen-bond donors (Lipinski definition) is 1. The smallest absolute Gasteiger partial charge is 0.0476 e. The normalized spacial score (nSPS) is 29.3. The van der Waals surface area contributed by atoms with Crippen LogP contribution < -0.4 is 5.32 Å². The van der Waals surface area contributed by atoms with Crippen LogP contribution in [0.15, 0.2) is 18.2 Å². The van der Waals surface area contributed by atoms with Crippen molar-refractivity contribution in [2.24, 2.45) is 0 Å². The van der Waals surface area contributed by atoms with Crippen LogP contribution in [0.3, 0.4) is 0 Å². The minimum absolute atomic E-state index is 0.592. The van der Waals surface area contributed by atoms with E-state index in [0.717, 1.165) is 12.6 Å². The number of aryl methyl sites for hydroxylation is 2. The zero-order chi connectivity index (χ0) is 11.8. The summed E-state index contributed by atoms with van der Waals surface area (Å²) in [6.07, 6.45) is 2.74. The van der Waals surface area contributed by atoms with Crippen LogP contribution in [0, 0.1) is 13.8 Å². The minimum Gasteiger partial charge on any atom is -0.313 e. The molecular formula is C15H22N2. The van der Waals surface area contributed by atoms with Crippen molar-refractivity contribution in [3.63, 3.8) is 0 Å². The Kier molecular flexibility index (Phi) is 2.93. The Balaban J connectivity index is 1.91. The van der Waals surface area contributed by atoms with Gasteiger partial charge in [0.25, 0.3) is 0 Å². The van der Waals surface area contributed by atoms with Crippen LogP contribution in [-0.2, 0) is 0 Å².